The van der Waals surface area contributed by atoms with E-state index in [9.17, 15) is 4.79 Å². The van der Waals surface area contributed by atoms with E-state index >= 15 is 0 Å². The maximum atomic E-state index is 12.5. The summed E-state index contributed by atoms with van der Waals surface area (Å²) in [6.45, 7) is 6.32. The quantitative estimate of drug-likeness (QED) is 0.744. The van der Waals surface area contributed by atoms with Crippen LogP contribution < -0.4 is 0 Å². The molecule has 0 spiro atoms. The van der Waals surface area contributed by atoms with Crippen molar-refractivity contribution in [2.24, 2.45) is 21.8 Å². The summed E-state index contributed by atoms with van der Waals surface area (Å²) in [6, 6.07) is 0. The Morgan fingerprint density at radius 1 is 1.32 bits per heavy atom. The fourth-order valence-electron chi connectivity index (χ4n) is 3.10. The van der Waals surface area contributed by atoms with E-state index in [1.807, 2.05) is 6.08 Å². The van der Waals surface area contributed by atoms with Gasteiger partial charge >= 0.3 is 0 Å². The van der Waals surface area contributed by atoms with Crippen molar-refractivity contribution in [1.29, 1.82) is 0 Å². The fraction of sp³-hybridized carbons (Fsp3) is 0.625. The van der Waals surface area contributed by atoms with Gasteiger partial charge in [-0.1, -0.05) is 13.0 Å². The second-order valence-corrected chi connectivity index (χ2v) is 6.63. The van der Waals surface area contributed by atoms with Gasteiger partial charge in [-0.25, -0.2) is 9.98 Å². The number of hydrogen-bond donors (Lipinski definition) is 0. The number of piperidine rings is 1. The summed E-state index contributed by atoms with van der Waals surface area (Å²) >= 11 is 5.26. The zero-order valence-electron chi connectivity index (χ0n) is 12.9. The zero-order chi connectivity index (χ0) is 15.5. The molecule has 5 nitrogen and oxygen atoms in total. The van der Waals surface area contributed by atoms with Crippen LogP contribution >= 0.6 is 12.2 Å². The second-order valence-electron chi connectivity index (χ2n) is 6.26. The number of thiocarbonyl (C=S) groups is 1. The number of carbonyl (C=O) groups excluding carboxylic acids is 1. The molecule has 1 saturated heterocycles. The normalized spacial score (nSPS) is 26.3. The Hall–Kier alpha value is -1.40. The predicted molar refractivity (Wildman–Crippen MR) is 92.3 cm³/mol. The van der Waals surface area contributed by atoms with Gasteiger partial charge in [0.2, 0.25) is 11.0 Å². The summed E-state index contributed by atoms with van der Waals surface area (Å²) in [6.07, 6.45) is 8.78. The van der Waals surface area contributed by atoms with Crippen molar-refractivity contribution < 1.29 is 4.79 Å². The number of amides is 1. The van der Waals surface area contributed by atoms with E-state index in [2.05, 4.69) is 21.8 Å². The number of dihydropyridines is 1. The van der Waals surface area contributed by atoms with Gasteiger partial charge in [-0.05, 0) is 63.1 Å². The standard InChI is InChI=1S/C16H22N4OS/c1-12-5-10-19(11-6-12)8-3-9-20-15(21)13-4-2-7-17-14(13)18-16(20)22/h2,4,7,12-13H,3,5-6,8-11H2,1H3. The lowest BCUT2D eigenvalue weighted by Crippen LogP contribution is -2.47. The lowest BCUT2D eigenvalue weighted by molar-refractivity contribution is -0.128. The molecule has 0 bridgehead atoms. The molecule has 0 aliphatic carbocycles. The van der Waals surface area contributed by atoms with Gasteiger partial charge in [0.15, 0.2) is 0 Å². The molecule has 118 valence electrons. The average Bonchev–Trinajstić information content (AvgIpc) is 2.52. The number of rotatable bonds is 4. The van der Waals surface area contributed by atoms with Crippen LogP contribution in [0.3, 0.4) is 0 Å². The SMILES string of the molecule is CC1CCN(CCCN2C(=O)C3C=CC=NC3=NC2=S)CC1. The molecule has 3 heterocycles. The number of aliphatic imine (C=N–C) groups is 2. The van der Waals surface area contributed by atoms with Gasteiger partial charge in [0.05, 0.1) is 0 Å². The van der Waals surface area contributed by atoms with Crippen molar-refractivity contribution in [1.82, 2.24) is 9.80 Å². The summed E-state index contributed by atoms with van der Waals surface area (Å²) in [4.78, 5) is 25.1. The zero-order valence-corrected chi connectivity index (χ0v) is 13.8. The van der Waals surface area contributed by atoms with Crippen molar-refractivity contribution in [3.05, 3.63) is 12.2 Å². The van der Waals surface area contributed by atoms with Gasteiger partial charge in [0.1, 0.15) is 11.8 Å². The Bertz CT molecular complexity index is 546. The maximum Gasteiger partial charge on any atom is 0.243 e. The van der Waals surface area contributed by atoms with E-state index in [4.69, 9.17) is 12.2 Å². The lowest BCUT2D eigenvalue weighted by atomic mass is 9.99. The Labute approximate surface area is 136 Å². The summed E-state index contributed by atoms with van der Waals surface area (Å²) in [5.41, 5.74) is 0. The Morgan fingerprint density at radius 3 is 2.86 bits per heavy atom. The maximum absolute atomic E-state index is 12.5. The third-order valence-corrected chi connectivity index (χ3v) is 4.89. The molecule has 0 N–H and O–H groups in total. The van der Waals surface area contributed by atoms with Crippen LogP contribution in [0.5, 0.6) is 0 Å². The van der Waals surface area contributed by atoms with Crippen LogP contribution in [0, 0.1) is 11.8 Å². The molecule has 1 unspecified atom stereocenters. The third kappa shape index (κ3) is 3.33. The van der Waals surface area contributed by atoms with Crippen molar-refractivity contribution in [2.45, 2.75) is 26.2 Å². The Morgan fingerprint density at radius 2 is 2.09 bits per heavy atom. The minimum atomic E-state index is -0.354. The molecule has 3 aliphatic rings. The van der Waals surface area contributed by atoms with Gasteiger partial charge in [0.25, 0.3) is 0 Å². The van der Waals surface area contributed by atoms with Crippen LogP contribution in [0.2, 0.25) is 0 Å². The van der Waals surface area contributed by atoms with Crippen molar-refractivity contribution in [3.63, 3.8) is 0 Å². The first-order valence-electron chi connectivity index (χ1n) is 8.02. The number of likely N-dealkylation sites (tertiary alicyclic amines) is 1. The van der Waals surface area contributed by atoms with E-state index in [0.29, 0.717) is 17.5 Å². The molecule has 0 aromatic carbocycles. The summed E-state index contributed by atoms with van der Waals surface area (Å²) in [5, 5.41) is 0.357. The summed E-state index contributed by atoms with van der Waals surface area (Å²) in [7, 11) is 0. The monoisotopic (exact) mass is 318 g/mol. The number of fused-ring (bicyclic) bond motifs is 1. The van der Waals surface area contributed by atoms with Crippen molar-refractivity contribution >= 4 is 35.3 Å². The molecule has 0 radical (unpaired) electrons. The van der Waals surface area contributed by atoms with Gasteiger partial charge in [-0.2, -0.15) is 0 Å². The number of carbonyl (C=O) groups is 1. The third-order valence-electron chi connectivity index (χ3n) is 4.58. The van der Waals surface area contributed by atoms with Gasteiger partial charge in [-0.3, -0.25) is 9.69 Å². The lowest BCUT2D eigenvalue weighted by Gasteiger charge is -2.32. The predicted octanol–water partition coefficient (Wildman–Crippen LogP) is 1.89. The van der Waals surface area contributed by atoms with Gasteiger partial charge < -0.3 is 4.90 Å². The van der Waals surface area contributed by atoms with E-state index in [1.54, 1.807) is 17.2 Å². The minimum Gasteiger partial charge on any atom is -0.303 e. The molecule has 1 amide bonds. The van der Waals surface area contributed by atoms with E-state index in [0.717, 1.165) is 18.9 Å². The molecule has 22 heavy (non-hydrogen) atoms. The fourth-order valence-corrected chi connectivity index (χ4v) is 3.38. The number of nitrogens with zero attached hydrogens (tertiary/aromatic N) is 4. The average molecular weight is 318 g/mol. The number of allylic oxidation sites excluding steroid dienone is 1. The molecule has 0 aromatic heterocycles. The van der Waals surface area contributed by atoms with E-state index in [1.165, 1.54) is 25.9 Å². The van der Waals surface area contributed by atoms with E-state index < -0.39 is 0 Å². The molecule has 0 aromatic rings. The number of amidine groups is 1. The van der Waals surface area contributed by atoms with Crippen molar-refractivity contribution in [2.75, 3.05) is 26.2 Å². The van der Waals surface area contributed by atoms with Crippen LogP contribution in [-0.2, 0) is 4.79 Å². The first-order valence-corrected chi connectivity index (χ1v) is 8.43. The van der Waals surface area contributed by atoms with Crippen LogP contribution in [0.15, 0.2) is 22.1 Å². The van der Waals surface area contributed by atoms with Crippen LogP contribution in [-0.4, -0.2) is 59.0 Å². The van der Waals surface area contributed by atoms with Crippen LogP contribution in [0.4, 0.5) is 0 Å². The Balaban J connectivity index is 1.53. The molecule has 3 aliphatic heterocycles. The highest BCUT2D eigenvalue weighted by Crippen LogP contribution is 2.20. The van der Waals surface area contributed by atoms with Crippen molar-refractivity contribution in [3.8, 4) is 0 Å². The van der Waals surface area contributed by atoms with Crippen LogP contribution in [0.25, 0.3) is 0 Å². The van der Waals surface area contributed by atoms with E-state index in [-0.39, 0.29) is 11.8 Å². The second kappa shape index (κ2) is 6.79. The van der Waals surface area contributed by atoms with Crippen LogP contribution in [0.1, 0.15) is 26.2 Å². The highest BCUT2D eigenvalue weighted by molar-refractivity contribution is 7.80. The number of hydrogen-bond acceptors (Lipinski definition) is 4. The molecule has 1 atom stereocenters. The molecular weight excluding hydrogens is 296 g/mol. The molecule has 6 heteroatoms. The smallest absolute Gasteiger partial charge is 0.243 e. The largest absolute Gasteiger partial charge is 0.303 e. The first-order chi connectivity index (χ1) is 10.6. The summed E-state index contributed by atoms with van der Waals surface area (Å²) < 4.78 is 0. The minimum absolute atomic E-state index is 0.00960. The Kier molecular flexibility index (Phi) is 4.78. The molecule has 1 fully saturated rings. The topological polar surface area (TPSA) is 48.3 Å². The molecule has 3 rings (SSSR count). The summed E-state index contributed by atoms with van der Waals surface area (Å²) in [5.74, 6) is 1.03. The highest BCUT2D eigenvalue weighted by atomic mass is 32.1. The highest BCUT2D eigenvalue weighted by Gasteiger charge is 2.34. The van der Waals surface area contributed by atoms with Gasteiger partial charge in [-0.15, -0.1) is 0 Å². The first kappa shape index (κ1) is 15.5. The molecular formula is C16H22N4OS. The molecule has 0 saturated carbocycles. The van der Waals surface area contributed by atoms with Gasteiger partial charge in [0, 0.05) is 12.8 Å².